The first-order chi connectivity index (χ1) is 15.0. The van der Waals surface area contributed by atoms with Crippen molar-refractivity contribution in [3.63, 3.8) is 0 Å². The molecule has 1 saturated heterocycles. The average molecular weight is 416 g/mol. The lowest BCUT2D eigenvalue weighted by Gasteiger charge is -2.26. The van der Waals surface area contributed by atoms with Gasteiger partial charge in [0.25, 0.3) is 11.8 Å². The number of ether oxygens (including phenoxy) is 1. The molecule has 0 saturated carbocycles. The maximum Gasteiger partial charge on any atom is 0.335 e. The molecule has 1 fully saturated rings. The Morgan fingerprint density at radius 2 is 1.65 bits per heavy atom. The number of para-hydroxylation sites is 1. The number of carbonyl (C=O) groups is 3. The van der Waals surface area contributed by atoms with Gasteiger partial charge in [0.15, 0.2) is 0 Å². The number of urea groups is 1. The van der Waals surface area contributed by atoms with Crippen LogP contribution in [0.15, 0.2) is 84.4 Å². The van der Waals surface area contributed by atoms with Crippen LogP contribution < -0.4 is 15.0 Å². The summed E-state index contributed by atoms with van der Waals surface area (Å²) in [5.41, 5.74) is 1.49. The Balaban J connectivity index is 1.51. The molecule has 0 bridgehead atoms. The van der Waals surface area contributed by atoms with Crippen LogP contribution in [0.2, 0.25) is 0 Å². The van der Waals surface area contributed by atoms with Crippen molar-refractivity contribution in [2.75, 3.05) is 4.90 Å². The molecule has 1 aliphatic heterocycles. The van der Waals surface area contributed by atoms with E-state index in [1.165, 1.54) is 18.2 Å². The van der Waals surface area contributed by atoms with E-state index in [1.54, 1.807) is 66.7 Å². The van der Waals surface area contributed by atoms with Gasteiger partial charge in [0.05, 0.1) is 5.69 Å². The Morgan fingerprint density at radius 3 is 2.35 bits per heavy atom. The first-order valence-corrected chi connectivity index (χ1v) is 9.45. The van der Waals surface area contributed by atoms with Gasteiger partial charge in [-0.1, -0.05) is 42.5 Å². The molecule has 1 aliphatic rings. The predicted molar refractivity (Wildman–Crippen MR) is 113 cm³/mol. The summed E-state index contributed by atoms with van der Waals surface area (Å²) < 4.78 is 18.9. The van der Waals surface area contributed by atoms with E-state index in [4.69, 9.17) is 4.74 Å². The number of amides is 4. The number of hydrogen-bond acceptors (Lipinski definition) is 4. The summed E-state index contributed by atoms with van der Waals surface area (Å²) in [6, 6.07) is 20.4. The second-order valence-corrected chi connectivity index (χ2v) is 6.78. The molecule has 0 radical (unpaired) electrons. The highest BCUT2D eigenvalue weighted by Crippen LogP contribution is 2.22. The van der Waals surface area contributed by atoms with Crippen molar-refractivity contribution in [3.05, 3.63) is 101 Å². The molecule has 3 aromatic carbocycles. The zero-order valence-electron chi connectivity index (χ0n) is 16.2. The molecule has 4 rings (SSSR count). The van der Waals surface area contributed by atoms with E-state index in [1.807, 2.05) is 0 Å². The molecular weight excluding hydrogens is 399 g/mol. The Labute approximate surface area is 177 Å². The SMILES string of the molecule is O=C1NC(=O)N(c2ccccc2)C(=O)/C1=C/c1ccc(OCc2cccc(F)c2)cc1. The van der Waals surface area contributed by atoms with Crippen LogP contribution in [-0.4, -0.2) is 17.8 Å². The van der Waals surface area contributed by atoms with E-state index in [0.717, 1.165) is 4.90 Å². The third kappa shape index (κ3) is 4.51. The summed E-state index contributed by atoms with van der Waals surface area (Å²) in [4.78, 5) is 38.2. The van der Waals surface area contributed by atoms with Crippen molar-refractivity contribution in [2.45, 2.75) is 6.61 Å². The van der Waals surface area contributed by atoms with E-state index in [0.29, 0.717) is 22.6 Å². The minimum Gasteiger partial charge on any atom is -0.489 e. The van der Waals surface area contributed by atoms with Gasteiger partial charge >= 0.3 is 6.03 Å². The number of hydrogen-bond donors (Lipinski definition) is 1. The van der Waals surface area contributed by atoms with Crippen LogP contribution >= 0.6 is 0 Å². The van der Waals surface area contributed by atoms with Gasteiger partial charge < -0.3 is 4.74 Å². The highest BCUT2D eigenvalue weighted by atomic mass is 19.1. The first kappa shape index (κ1) is 20.0. The summed E-state index contributed by atoms with van der Waals surface area (Å²) in [7, 11) is 0. The van der Waals surface area contributed by atoms with Crippen molar-refractivity contribution in [1.82, 2.24) is 5.32 Å². The van der Waals surface area contributed by atoms with Gasteiger partial charge in [-0.05, 0) is 53.6 Å². The van der Waals surface area contributed by atoms with Crippen molar-refractivity contribution in [2.24, 2.45) is 0 Å². The van der Waals surface area contributed by atoms with Crippen LogP contribution in [0.5, 0.6) is 5.75 Å². The fourth-order valence-electron chi connectivity index (χ4n) is 3.09. The molecule has 0 unspecified atom stereocenters. The highest BCUT2D eigenvalue weighted by molar-refractivity contribution is 6.39. The quantitative estimate of drug-likeness (QED) is 0.503. The third-order valence-electron chi connectivity index (χ3n) is 4.60. The lowest BCUT2D eigenvalue weighted by molar-refractivity contribution is -0.122. The Hall–Kier alpha value is -4.26. The number of imide groups is 2. The van der Waals surface area contributed by atoms with Gasteiger partial charge in [0, 0.05) is 0 Å². The molecule has 6 nitrogen and oxygen atoms in total. The summed E-state index contributed by atoms with van der Waals surface area (Å²) in [5, 5.41) is 2.19. The molecule has 7 heteroatoms. The molecule has 0 atom stereocenters. The van der Waals surface area contributed by atoms with E-state index in [2.05, 4.69) is 5.32 Å². The van der Waals surface area contributed by atoms with Gasteiger partial charge in [0.1, 0.15) is 23.7 Å². The van der Waals surface area contributed by atoms with Crippen LogP contribution in [0, 0.1) is 5.82 Å². The number of rotatable bonds is 5. The molecule has 154 valence electrons. The van der Waals surface area contributed by atoms with Crippen molar-refractivity contribution < 1.29 is 23.5 Å². The molecule has 0 aliphatic carbocycles. The first-order valence-electron chi connectivity index (χ1n) is 9.45. The minimum atomic E-state index is -0.792. The average Bonchev–Trinajstić information content (AvgIpc) is 2.77. The third-order valence-corrected chi connectivity index (χ3v) is 4.60. The fraction of sp³-hybridized carbons (Fsp3) is 0.0417. The fourth-order valence-corrected chi connectivity index (χ4v) is 3.09. The molecule has 4 amide bonds. The standard InChI is InChI=1S/C24H17FN2O4/c25-18-6-4-5-17(13-18)15-31-20-11-9-16(10-12-20)14-21-22(28)26-24(30)27(23(21)29)19-7-2-1-3-8-19/h1-14H,15H2,(H,26,28,30)/b21-14+. The zero-order chi connectivity index (χ0) is 21.8. The number of nitrogens with zero attached hydrogens (tertiary/aromatic N) is 1. The van der Waals surface area contributed by atoms with Gasteiger partial charge in [-0.25, -0.2) is 14.1 Å². The number of benzene rings is 3. The Morgan fingerprint density at radius 1 is 0.903 bits per heavy atom. The topological polar surface area (TPSA) is 75.7 Å². The largest absolute Gasteiger partial charge is 0.489 e. The maximum atomic E-state index is 13.2. The second-order valence-electron chi connectivity index (χ2n) is 6.78. The predicted octanol–water partition coefficient (Wildman–Crippen LogP) is 4.07. The van der Waals surface area contributed by atoms with Gasteiger partial charge in [-0.15, -0.1) is 0 Å². The van der Waals surface area contributed by atoms with Crippen LogP contribution in [0.3, 0.4) is 0 Å². The van der Waals surface area contributed by atoms with Gasteiger partial charge in [-0.2, -0.15) is 0 Å². The monoisotopic (exact) mass is 416 g/mol. The number of halogens is 1. The van der Waals surface area contributed by atoms with Crippen LogP contribution in [0.1, 0.15) is 11.1 Å². The van der Waals surface area contributed by atoms with Crippen molar-refractivity contribution in [1.29, 1.82) is 0 Å². The van der Waals surface area contributed by atoms with E-state index >= 15 is 0 Å². The number of nitrogens with one attached hydrogen (secondary N) is 1. The lowest BCUT2D eigenvalue weighted by Crippen LogP contribution is -2.54. The van der Waals surface area contributed by atoms with E-state index in [-0.39, 0.29) is 18.0 Å². The molecule has 1 heterocycles. The molecule has 0 spiro atoms. The van der Waals surface area contributed by atoms with Crippen LogP contribution in [-0.2, 0) is 16.2 Å². The number of carbonyl (C=O) groups excluding carboxylic acids is 3. The normalized spacial score (nSPS) is 15.2. The number of barbiturate groups is 1. The smallest absolute Gasteiger partial charge is 0.335 e. The van der Waals surface area contributed by atoms with Crippen LogP contribution in [0.25, 0.3) is 6.08 Å². The van der Waals surface area contributed by atoms with Crippen molar-refractivity contribution >= 4 is 29.6 Å². The number of anilines is 1. The van der Waals surface area contributed by atoms with Gasteiger partial charge in [-0.3, -0.25) is 14.9 Å². The van der Waals surface area contributed by atoms with E-state index < -0.39 is 17.8 Å². The second kappa shape index (κ2) is 8.62. The molecule has 1 N–H and O–H groups in total. The lowest BCUT2D eigenvalue weighted by atomic mass is 10.1. The maximum absolute atomic E-state index is 13.2. The molecule has 3 aromatic rings. The van der Waals surface area contributed by atoms with E-state index in [9.17, 15) is 18.8 Å². The van der Waals surface area contributed by atoms with Crippen molar-refractivity contribution in [3.8, 4) is 5.75 Å². The highest BCUT2D eigenvalue weighted by Gasteiger charge is 2.36. The Kier molecular flexibility index (Phi) is 5.57. The molecule has 0 aromatic heterocycles. The summed E-state index contributed by atoms with van der Waals surface area (Å²) >= 11 is 0. The summed E-state index contributed by atoms with van der Waals surface area (Å²) in [6.07, 6.45) is 1.41. The Bertz CT molecular complexity index is 1170. The van der Waals surface area contributed by atoms with Gasteiger partial charge in [0.2, 0.25) is 0 Å². The summed E-state index contributed by atoms with van der Waals surface area (Å²) in [6.45, 7) is 0.202. The summed E-state index contributed by atoms with van der Waals surface area (Å²) in [5.74, 6) is -1.24. The zero-order valence-corrected chi connectivity index (χ0v) is 16.2. The minimum absolute atomic E-state index is 0.156. The van der Waals surface area contributed by atoms with Crippen LogP contribution in [0.4, 0.5) is 14.9 Å². The molecular formula is C24H17FN2O4. The molecule has 31 heavy (non-hydrogen) atoms.